The lowest BCUT2D eigenvalue weighted by Crippen LogP contribution is -2.49. The first-order valence-corrected chi connectivity index (χ1v) is 9.66. The van der Waals surface area contributed by atoms with E-state index in [2.05, 4.69) is 5.32 Å². The van der Waals surface area contributed by atoms with Gasteiger partial charge in [-0.3, -0.25) is 4.79 Å². The molecule has 138 valence electrons. The number of halogens is 2. The second-order valence-electron chi connectivity index (χ2n) is 6.08. The minimum atomic E-state index is -3.94. The van der Waals surface area contributed by atoms with Gasteiger partial charge in [0.25, 0.3) is 0 Å². The number of carbonyl (C=O) groups excluding carboxylic acids is 1. The largest absolute Gasteiger partial charge is 0.325 e. The lowest BCUT2D eigenvalue weighted by molar-refractivity contribution is -0.120. The standard InChI is InChI=1S/C18H18F2N2O3S/c19-13-7-9-16(10-8-13)26(24,25)22-11-2-1-6-17(22)18(23)21-15-5-3-4-14(20)12-15/h3-5,7-10,12,17H,1-2,6,11H2,(H,21,23). The number of nitrogens with one attached hydrogen (secondary N) is 1. The highest BCUT2D eigenvalue weighted by Crippen LogP contribution is 2.26. The SMILES string of the molecule is O=C(Nc1cccc(F)c1)C1CCCCN1S(=O)(=O)c1ccc(F)cc1. The number of anilines is 1. The Labute approximate surface area is 150 Å². The van der Waals surface area contributed by atoms with Crippen molar-refractivity contribution in [3.8, 4) is 0 Å². The lowest BCUT2D eigenvalue weighted by atomic mass is 10.0. The van der Waals surface area contributed by atoms with Gasteiger partial charge in [-0.25, -0.2) is 17.2 Å². The normalized spacial score (nSPS) is 18.5. The Morgan fingerprint density at radius 1 is 1.04 bits per heavy atom. The molecule has 0 radical (unpaired) electrons. The molecule has 1 amide bonds. The van der Waals surface area contributed by atoms with Crippen LogP contribution >= 0.6 is 0 Å². The van der Waals surface area contributed by atoms with Gasteiger partial charge in [0.15, 0.2) is 0 Å². The number of benzene rings is 2. The maximum atomic E-state index is 13.3. The summed E-state index contributed by atoms with van der Waals surface area (Å²) in [5.74, 6) is -1.55. The Hall–Kier alpha value is -2.32. The monoisotopic (exact) mass is 380 g/mol. The zero-order valence-electron chi connectivity index (χ0n) is 13.9. The van der Waals surface area contributed by atoms with E-state index in [0.29, 0.717) is 19.3 Å². The Morgan fingerprint density at radius 3 is 2.46 bits per heavy atom. The second kappa shape index (κ2) is 7.51. The molecule has 3 rings (SSSR count). The number of hydrogen-bond donors (Lipinski definition) is 1. The van der Waals surface area contributed by atoms with Gasteiger partial charge < -0.3 is 5.32 Å². The minimum absolute atomic E-state index is 0.0654. The number of amides is 1. The van der Waals surface area contributed by atoms with Gasteiger partial charge >= 0.3 is 0 Å². The van der Waals surface area contributed by atoms with Crippen LogP contribution in [0.4, 0.5) is 14.5 Å². The molecule has 5 nitrogen and oxygen atoms in total. The molecule has 2 aromatic carbocycles. The Bertz CT molecular complexity index is 901. The molecule has 1 atom stereocenters. The van der Waals surface area contributed by atoms with E-state index in [-0.39, 0.29) is 17.1 Å². The fraction of sp³-hybridized carbons (Fsp3) is 0.278. The van der Waals surface area contributed by atoms with Crippen molar-refractivity contribution in [3.05, 3.63) is 60.2 Å². The molecule has 1 unspecified atom stereocenters. The average Bonchev–Trinajstić information content (AvgIpc) is 2.62. The maximum absolute atomic E-state index is 13.3. The molecule has 1 fully saturated rings. The summed E-state index contributed by atoms with van der Waals surface area (Å²) in [5, 5.41) is 2.57. The molecular weight excluding hydrogens is 362 g/mol. The molecule has 26 heavy (non-hydrogen) atoms. The number of carbonyl (C=O) groups is 1. The zero-order valence-corrected chi connectivity index (χ0v) is 14.7. The lowest BCUT2D eigenvalue weighted by Gasteiger charge is -2.33. The van der Waals surface area contributed by atoms with E-state index in [4.69, 9.17) is 0 Å². The average molecular weight is 380 g/mol. The van der Waals surface area contributed by atoms with E-state index < -0.39 is 33.6 Å². The molecule has 0 bridgehead atoms. The molecule has 0 aromatic heterocycles. The van der Waals surface area contributed by atoms with Gasteiger partial charge in [0, 0.05) is 12.2 Å². The summed E-state index contributed by atoms with van der Waals surface area (Å²) < 4.78 is 53.3. The number of hydrogen-bond acceptors (Lipinski definition) is 3. The molecule has 0 saturated carbocycles. The molecule has 8 heteroatoms. The van der Waals surface area contributed by atoms with E-state index in [0.717, 1.165) is 16.4 Å². The van der Waals surface area contributed by atoms with Gasteiger partial charge in [-0.2, -0.15) is 4.31 Å². The van der Waals surface area contributed by atoms with Crippen LogP contribution in [0.2, 0.25) is 0 Å². The van der Waals surface area contributed by atoms with Crippen LogP contribution in [0.5, 0.6) is 0 Å². The van der Waals surface area contributed by atoms with Crippen molar-refractivity contribution in [2.24, 2.45) is 0 Å². The number of sulfonamides is 1. The molecular formula is C18H18F2N2O3S. The van der Waals surface area contributed by atoms with Crippen molar-refractivity contribution >= 4 is 21.6 Å². The Morgan fingerprint density at radius 2 is 1.77 bits per heavy atom. The van der Waals surface area contributed by atoms with E-state index in [1.54, 1.807) is 0 Å². The van der Waals surface area contributed by atoms with Crippen LogP contribution in [0.3, 0.4) is 0 Å². The van der Waals surface area contributed by atoms with E-state index in [1.807, 2.05) is 0 Å². The summed E-state index contributed by atoms with van der Waals surface area (Å²) in [5.41, 5.74) is 0.264. The van der Waals surface area contributed by atoms with Crippen LogP contribution in [0.15, 0.2) is 53.4 Å². The van der Waals surface area contributed by atoms with E-state index >= 15 is 0 Å². The topological polar surface area (TPSA) is 66.5 Å². The predicted molar refractivity (Wildman–Crippen MR) is 93.0 cm³/mol. The summed E-state index contributed by atoms with van der Waals surface area (Å²) in [6.07, 6.45) is 1.70. The molecule has 2 aromatic rings. The Kier molecular flexibility index (Phi) is 5.33. The second-order valence-corrected chi connectivity index (χ2v) is 7.97. The smallest absolute Gasteiger partial charge is 0.243 e. The van der Waals surface area contributed by atoms with Gasteiger partial charge in [0.2, 0.25) is 15.9 Å². The molecule has 0 spiro atoms. The zero-order chi connectivity index (χ0) is 18.7. The fourth-order valence-electron chi connectivity index (χ4n) is 2.99. The number of piperidine rings is 1. The van der Waals surface area contributed by atoms with Gasteiger partial charge in [-0.15, -0.1) is 0 Å². The summed E-state index contributed by atoms with van der Waals surface area (Å²) in [6, 6.07) is 9.00. The summed E-state index contributed by atoms with van der Waals surface area (Å²) >= 11 is 0. The first kappa shape index (κ1) is 18.5. The van der Waals surface area contributed by atoms with Gasteiger partial charge in [-0.05, 0) is 55.3 Å². The van der Waals surface area contributed by atoms with Crippen molar-refractivity contribution < 1.29 is 22.0 Å². The molecule has 1 saturated heterocycles. The summed E-state index contributed by atoms with van der Waals surface area (Å²) in [6.45, 7) is 0.195. The van der Waals surface area contributed by atoms with Gasteiger partial charge in [-0.1, -0.05) is 12.5 Å². The third-order valence-corrected chi connectivity index (χ3v) is 6.19. The summed E-state index contributed by atoms with van der Waals surface area (Å²) in [7, 11) is -3.94. The first-order valence-electron chi connectivity index (χ1n) is 8.22. The van der Waals surface area contributed by atoms with Gasteiger partial charge in [0.05, 0.1) is 4.90 Å². The van der Waals surface area contributed by atoms with Crippen molar-refractivity contribution in [2.45, 2.75) is 30.2 Å². The Balaban J connectivity index is 1.85. The van der Waals surface area contributed by atoms with E-state index in [1.165, 1.54) is 36.4 Å². The molecule has 1 aliphatic rings. The van der Waals surface area contributed by atoms with Crippen molar-refractivity contribution in [3.63, 3.8) is 0 Å². The van der Waals surface area contributed by atoms with Gasteiger partial charge in [0.1, 0.15) is 17.7 Å². The quantitative estimate of drug-likeness (QED) is 0.886. The molecule has 1 N–H and O–H groups in total. The van der Waals surface area contributed by atoms with Crippen molar-refractivity contribution in [2.75, 3.05) is 11.9 Å². The van der Waals surface area contributed by atoms with Crippen LogP contribution in [0, 0.1) is 11.6 Å². The molecule has 1 heterocycles. The minimum Gasteiger partial charge on any atom is -0.325 e. The van der Waals surface area contributed by atoms with Crippen molar-refractivity contribution in [1.29, 1.82) is 0 Å². The van der Waals surface area contributed by atoms with Crippen LogP contribution in [-0.2, 0) is 14.8 Å². The first-order chi connectivity index (χ1) is 12.4. The highest BCUT2D eigenvalue weighted by atomic mass is 32.2. The maximum Gasteiger partial charge on any atom is 0.243 e. The van der Waals surface area contributed by atoms with Crippen LogP contribution in [-0.4, -0.2) is 31.2 Å². The predicted octanol–water partition coefficient (Wildman–Crippen LogP) is 3.15. The number of rotatable bonds is 4. The summed E-state index contributed by atoms with van der Waals surface area (Å²) in [4.78, 5) is 12.6. The van der Waals surface area contributed by atoms with Crippen LogP contribution < -0.4 is 5.32 Å². The highest BCUT2D eigenvalue weighted by molar-refractivity contribution is 7.89. The third-order valence-electron chi connectivity index (χ3n) is 4.27. The van der Waals surface area contributed by atoms with E-state index in [9.17, 15) is 22.0 Å². The highest BCUT2D eigenvalue weighted by Gasteiger charge is 2.37. The fourth-order valence-corrected chi connectivity index (χ4v) is 4.64. The van der Waals surface area contributed by atoms with Crippen LogP contribution in [0.25, 0.3) is 0 Å². The van der Waals surface area contributed by atoms with Crippen LogP contribution in [0.1, 0.15) is 19.3 Å². The third kappa shape index (κ3) is 3.91. The molecule has 0 aliphatic carbocycles. The van der Waals surface area contributed by atoms with Crippen molar-refractivity contribution in [1.82, 2.24) is 4.31 Å². The molecule has 1 aliphatic heterocycles. The number of nitrogens with zero attached hydrogens (tertiary/aromatic N) is 1.